The minimum Gasteiger partial charge on any atom is -0.494 e. The van der Waals surface area contributed by atoms with Crippen molar-refractivity contribution in [2.45, 2.75) is 26.6 Å². The molecule has 0 N–H and O–H groups in total. The van der Waals surface area contributed by atoms with Crippen LogP contribution in [-0.2, 0) is 15.9 Å². The number of aryl methyl sites for hydroxylation is 1. The zero-order valence-corrected chi connectivity index (χ0v) is 9.86. The van der Waals surface area contributed by atoms with Crippen molar-refractivity contribution in [1.82, 2.24) is 0 Å². The summed E-state index contributed by atoms with van der Waals surface area (Å²) in [7, 11) is 0. The zero-order chi connectivity index (χ0) is 11.4. The van der Waals surface area contributed by atoms with E-state index in [1.165, 1.54) is 5.56 Å². The molecule has 1 fully saturated rings. The van der Waals surface area contributed by atoms with Gasteiger partial charge < -0.3 is 14.2 Å². The van der Waals surface area contributed by atoms with E-state index in [2.05, 4.69) is 13.0 Å². The van der Waals surface area contributed by atoms with E-state index in [1.54, 1.807) is 0 Å². The van der Waals surface area contributed by atoms with Crippen LogP contribution < -0.4 is 4.74 Å². The fraction of sp³-hybridized carbons (Fsp3) is 0.538. The molecule has 2 rings (SSSR count). The molecule has 0 unspecified atom stereocenters. The summed E-state index contributed by atoms with van der Waals surface area (Å²) < 4.78 is 16.5. The van der Waals surface area contributed by atoms with E-state index >= 15 is 0 Å². The standard InChI is InChI=1S/C13H18O3/c1-3-10-9-11(14-4-2)5-6-12(10)13-15-7-8-16-13/h5-6,9,13H,3-4,7-8H2,1-2H3. The lowest BCUT2D eigenvalue weighted by atomic mass is 10.0. The minimum absolute atomic E-state index is 0.189. The highest BCUT2D eigenvalue weighted by atomic mass is 16.7. The van der Waals surface area contributed by atoms with Crippen LogP contribution in [0.3, 0.4) is 0 Å². The van der Waals surface area contributed by atoms with Crippen LogP contribution in [0.25, 0.3) is 0 Å². The lowest BCUT2D eigenvalue weighted by Crippen LogP contribution is -2.03. The SMILES string of the molecule is CCOc1ccc(C2OCCO2)c(CC)c1. The molecule has 0 radical (unpaired) electrons. The lowest BCUT2D eigenvalue weighted by Gasteiger charge is -2.15. The Morgan fingerprint density at radius 3 is 2.62 bits per heavy atom. The van der Waals surface area contributed by atoms with E-state index in [0.29, 0.717) is 19.8 Å². The fourth-order valence-electron chi connectivity index (χ4n) is 1.91. The van der Waals surface area contributed by atoms with Gasteiger partial charge >= 0.3 is 0 Å². The molecule has 88 valence electrons. The zero-order valence-electron chi connectivity index (χ0n) is 9.86. The van der Waals surface area contributed by atoms with Crippen molar-refractivity contribution < 1.29 is 14.2 Å². The maximum atomic E-state index is 5.52. The number of rotatable bonds is 4. The summed E-state index contributed by atoms with van der Waals surface area (Å²) in [6.45, 7) is 6.17. The minimum atomic E-state index is -0.189. The van der Waals surface area contributed by atoms with Gasteiger partial charge in [0.1, 0.15) is 5.75 Å². The second-order valence-corrected chi connectivity index (χ2v) is 3.72. The molecule has 0 aliphatic carbocycles. The second kappa shape index (κ2) is 5.32. The molecule has 0 atom stereocenters. The predicted molar refractivity (Wildman–Crippen MR) is 61.6 cm³/mol. The predicted octanol–water partition coefficient (Wildman–Crippen LogP) is 2.69. The Morgan fingerprint density at radius 2 is 2.00 bits per heavy atom. The molecule has 16 heavy (non-hydrogen) atoms. The molecule has 1 heterocycles. The molecular weight excluding hydrogens is 204 g/mol. The van der Waals surface area contributed by atoms with Gasteiger partial charge in [-0.1, -0.05) is 13.0 Å². The van der Waals surface area contributed by atoms with E-state index in [0.717, 1.165) is 17.7 Å². The van der Waals surface area contributed by atoms with Gasteiger partial charge in [-0.3, -0.25) is 0 Å². The summed E-state index contributed by atoms with van der Waals surface area (Å²) in [5.41, 5.74) is 2.36. The average molecular weight is 222 g/mol. The van der Waals surface area contributed by atoms with Crippen LogP contribution in [-0.4, -0.2) is 19.8 Å². The Balaban J connectivity index is 2.23. The van der Waals surface area contributed by atoms with E-state index < -0.39 is 0 Å². The third-order valence-corrected chi connectivity index (χ3v) is 2.68. The summed E-state index contributed by atoms with van der Waals surface area (Å²) in [6, 6.07) is 6.09. The van der Waals surface area contributed by atoms with E-state index in [9.17, 15) is 0 Å². The lowest BCUT2D eigenvalue weighted by molar-refractivity contribution is -0.0447. The van der Waals surface area contributed by atoms with Crippen LogP contribution in [0.15, 0.2) is 18.2 Å². The summed E-state index contributed by atoms with van der Waals surface area (Å²) in [4.78, 5) is 0. The highest BCUT2D eigenvalue weighted by Crippen LogP contribution is 2.29. The maximum Gasteiger partial charge on any atom is 0.184 e. The topological polar surface area (TPSA) is 27.7 Å². The Morgan fingerprint density at radius 1 is 1.25 bits per heavy atom. The van der Waals surface area contributed by atoms with Gasteiger partial charge in [0.2, 0.25) is 0 Å². The monoisotopic (exact) mass is 222 g/mol. The van der Waals surface area contributed by atoms with Crippen LogP contribution >= 0.6 is 0 Å². The van der Waals surface area contributed by atoms with Gasteiger partial charge in [0.25, 0.3) is 0 Å². The summed E-state index contributed by atoms with van der Waals surface area (Å²) >= 11 is 0. The van der Waals surface area contributed by atoms with Crippen molar-refractivity contribution >= 4 is 0 Å². The van der Waals surface area contributed by atoms with Crippen molar-refractivity contribution in [2.75, 3.05) is 19.8 Å². The van der Waals surface area contributed by atoms with Gasteiger partial charge in [0.05, 0.1) is 19.8 Å². The van der Waals surface area contributed by atoms with Crippen molar-refractivity contribution in [1.29, 1.82) is 0 Å². The molecule has 1 saturated heterocycles. The molecule has 0 aromatic heterocycles. The van der Waals surface area contributed by atoms with Gasteiger partial charge in [-0.05, 0) is 31.0 Å². The van der Waals surface area contributed by atoms with Crippen LogP contribution in [0.1, 0.15) is 31.3 Å². The normalized spacial score (nSPS) is 16.6. The molecule has 1 aliphatic heterocycles. The van der Waals surface area contributed by atoms with Crippen molar-refractivity contribution in [3.63, 3.8) is 0 Å². The molecule has 0 bridgehead atoms. The molecular formula is C13H18O3. The van der Waals surface area contributed by atoms with Crippen LogP contribution in [0.5, 0.6) is 5.75 Å². The van der Waals surface area contributed by atoms with E-state index in [4.69, 9.17) is 14.2 Å². The smallest absolute Gasteiger partial charge is 0.184 e. The van der Waals surface area contributed by atoms with Crippen molar-refractivity contribution in [3.05, 3.63) is 29.3 Å². The molecule has 1 aliphatic rings. The van der Waals surface area contributed by atoms with Gasteiger partial charge in [0.15, 0.2) is 6.29 Å². The third-order valence-electron chi connectivity index (χ3n) is 2.68. The number of hydrogen-bond acceptors (Lipinski definition) is 3. The molecule has 1 aromatic carbocycles. The largest absolute Gasteiger partial charge is 0.494 e. The Labute approximate surface area is 96.3 Å². The quantitative estimate of drug-likeness (QED) is 0.784. The molecule has 0 saturated carbocycles. The van der Waals surface area contributed by atoms with Crippen LogP contribution in [0.2, 0.25) is 0 Å². The van der Waals surface area contributed by atoms with Gasteiger partial charge in [-0.2, -0.15) is 0 Å². The van der Waals surface area contributed by atoms with E-state index in [1.807, 2.05) is 19.1 Å². The average Bonchev–Trinajstić information content (AvgIpc) is 2.83. The summed E-state index contributed by atoms with van der Waals surface area (Å²) in [5.74, 6) is 0.918. The summed E-state index contributed by atoms with van der Waals surface area (Å²) in [5, 5.41) is 0. The number of benzene rings is 1. The highest BCUT2D eigenvalue weighted by Gasteiger charge is 2.20. The van der Waals surface area contributed by atoms with Crippen LogP contribution in [0.4, 0.5) is 0 Å². The number of ether oxygens (including phenoxy) is 3. The van der Waals surface area contributed by atoms with Gasteiger partial charge in [0, 0.05) is 5.56 Å². The summed E-state index contributed by atoms with van der Waals surface area (Å²) in [6.07, 6.45) is 0.769. The highest BCUT2D eigenvalue weighted by molar-refractivity contribution is 5.36. The van der Waals surface area contributed by atoms with Crippen molar-refractivity contribution in [3.8, 4) is 5.75 Å². The first-order valence-electron chi connectivity index (χ1n) is 5.84. The Hall–Kier alpha value is -1.06. The first kappa shape index (κ1) is 11.4. The molecule has 0 spiro atoms. The molecule has 3 heteroatoms. The third kappa shape index (κ3) is 2.36. The van der Waals surface area contributed by atoms with Gasteiger partial charge in [-0.15, -0.1) is 0 Å². The fourth-order valence-corrected chi connectivity index (χ4v) is 1.91. The van der Waals surface area contributed by atoms with Crippen LogP contribution in [0, 0.1) is 0 Å². The molecule has 3 nitrogen and oxygen atoms in total. The Kier molecular flexibility index (Phi) is 3.80. The molecule has 1 aromatic rings. The Bertz CT molecular complexity index is 343. The van der Waals surface area contributed by atoms with Crippen molar-refractivity contribution in [2.24, 2.45) is 0 Å². The van der Waals surface area contributed by atoms with Gasteiger partial charge in [-0.25, -0.2) is 0 Å². The first-order valence-corrected chi connectivity index (χ1v) is 5.84. The molecule has 0 amide bonds. The first-order chi connectivity index (χ1) is 7.85. The number of hydrogen-bond donors (Lipinski definition) is 0. The maximum absolute atomic E-state index is 5.52. The van der Waals surface area contributed by atoms with E-state index in [-0.39, 0.29) is 6.29 Å². The second-order valence-electron chi connectivity index (χ2n) is 3.72.